The van der Waals surface area contributed by atoms with Crippen LogP contribution in [-0.2, 0) is 20.7 Å². The van der Waals surface area contributed by atoms with E-state index in [-0.39, 0.29) is 16.5 Å². The minimum Gasteiger partial charge on any atom is -0.374 e. The Bertz CT molecular complexity index is 1110. The van der Waals surface area contributed by atoms with Crippen molar-refractivity contribution in [1.82, 2.24) is 4.23 Å². The molecule has 0 saturated heterocycles. The molecule has 0 unspecified atom stereocenters. The predicted octanol–water partition coefficient (Wildman–Crippen LogP) is 5.75. The summed E-state index contributed by atoms with van der Waals surface area (Å²) in [5.74, 6) is 0. The Labute approximate surface area is 175 Å². The molecule has 0 saturated carbocycles. The smallest absolute Gasteiger partial charge is 0.296 e. The zero-order chi connectivity index (χ0) is 21.4. The highest BCUT2D eigenvalue weighted by atomic mass is 32.2. The molecule has 0 atom stereocenters. The van der Waals surface area contributed by atoms with Crippen LogP contribution in [0.15, 0.2) is 59.6 Å². The summed E-state index contributed by atoms with van der Waals surface area (Å²) in [5.41, 5.74) is 3.36. The number of aromatic nitrogens is 1. The summed E-state index contributed by atoms with van der Waals surface area (Å²) >= 11 is 0. The third-order valence-electron chi connectivity index (χ3n) is 6.15. The van der Waals surface area contributed by atoms with Crippen LogP contribution >= 0.6 is 0 Å². The second-order valence-corrected chi connectivity index (χ2v) is 15.9. The van der Waals surface area contributed by atoms with Gasteiger partial charge in [0.15, 0.2) is 8.24 Å². The molecule has 0 fully saturated rings. The monoisotopic (exact) mass is 429 g/mol. The number of hydrogen-bond donors (Lipinski definition) is 0. The molecule has 0 radical (unpaired) electrons. The second-order valence-electron chi connectivity index (χ2n) is 9.19. The molecule has 4 nitrogen and oxygen atoms in total. The minimum absolute atomic E-state index is 0.127. The zero-order valence-electron chi connectivity index (χ0n) is 18.2. The van der Waals surface area contributed by atoms with Gasteiger partial charge in [0.25, 0.3) is 10.1 Å². The van der Waals surface area contributed by atoms with E-state index >= 15 is 0 Å². The largest absolute Gasteiger partial charge is 0.374 e. The first-order chi connectivity index (χ1) is 13.4. The van der Waals surface area contributed by atoms with E-state index in [0.29, 0.717) is 6.42 Å². The van der Waals surface area contributed by atoms with Gasteiger partial charge >= 0.3 is 0 Å². The Kier molecular flexibility index (Phi) is 5.82. The molecule has 0 aliphatic heterocycles. The molecule has 3 aromatic rings. The number of fused-ring (bicyclic) bond motifs is 1. The normalized spacial score (nSPS) is 13.2. The van der Waals surface area contributed by atoms with Crippen LogP contribution in [0.1, 0.15) is 31.9 Å². The average molecular weight is 430 g/mol. The molecular formula is C23H31NO3SSi. The van der Waals surface area contributed by atoms with Crippen LogP contribution in [0.4, 0.5) is 0 Å². The Morgan fingerprint density at radius 2 is 1.62 bits per heavy atom. The topological polar surface area (TPSA) is 48.3 Å². The lowest BCUT2D eigenvalue weighted by atomic mass is 10.1. The molecule has 0 spiro atoms. The fourth-order valence-corrected chi connectivity index (χ4v) is 6.21. The van der Waals surface area contributed by atoms with Crippen LogP contribution in [0, 0.1) is 6.92 Å². The van der Waals surface area contributed by atoms with Crippen molar-refractivity contribution in [2.75, 3.05) is 6.61 Å². The Morgan fingerprint density at radius 1 is 1.00 bits per heavy atom. The van der Waals surface area contributed by atoms with Gasteiger partial charge in [0.05, 0.1) is 11.5 Å². The fourth-order valence-electron chi connectivity index (χ4n) is 3.31. The Morgan fingerprint density at radius 3 is 2.24 bits per heavy atom. The van der Waals surface area contributed by atoms with E-state index in [0.717, 1.165) is 11.1 Å². The van der Waals surface area contributed by atoms with Crippen LogP contribution in [0.25, 0.3) is 10.9 Å². The van der Waals surface area contributed by atoms with Crippen molar-refractivity contribution in [3.8, 4) is 0 Å². The molecular weight excluding hydrogens is 398 g/mol. The molecule has 0 amide bonds. The first-order valence-corrected chi connectivity index (χ1v) is 14.3. The van der Waals surface area contributed by atoms with Gasteiger partial charge < -0.3 is 4.23 Å². The molecule has 156 valence electrons. The van der Waals surface area contributed by atoms with Crippen LogP contribution in [0.5, 0.6) is 0 Å². The highest BCUT2D eigenvalue weighted by Gasteiger charge is 2.38. The third kappa shape index (κ3) is 4.34. The SMILES string of the molecule is Cc1ccc(S(=O)(=O)OCCc2cn([Si](C)(C)C(C)(C)C)c3ccccc23)cc1. The Balaban J connectivity index is 1.85. The summed E-state index contributed by atoms with van der Waals surface area (Å²) in [6.07, 6.45) is 2.76. The van der Waals surface area contributed by atoms with Gasteiger partial charge in [0.1, 0.15) is 0 Å². The second kappa shape index (κ2) is 7.74. The highest BCUT2D eigenvalue weighted by Crippen LogP contribution is 2.39. The maximum Gasteiger partial charge on any atom is 0.296 e. The lowest BCUT2D eigenvalue weighted by molar-refractivity contribution is 0.322. The van der Waals surface area contributed by atoms with Crippen molar-refractivity contribution in [1.29, 1.82) is 0 Å². The van der Waals surface area contributed by atoms with E-state index in [1.54, 1.807) is 24.3 Å². The third-order valence-corrected chi connectivity index (χ3v) is 12.7. The summed E-state index contributed by atoms with van der Waals surface area (Å²) in [6.45, 7) is 13.7. The van der Waals surface area contributed by atoms with E-state index in [9.17, 15) is 8.42 Å². The number of rotatable bonds is 6. The van der Waals surface area contributed by atoms with Gasteiger partial charge in [-0.05, 0) is 48.3 Å². The predicted molar refractivity (Wildman–Crippen MR) is 123 cm³/mol. The van der Waals surface area contributed by atoms with E-state index in [4.69, 9.17) is 4.18 Å². The van der Waals surface area contributed by atoms with Gasteiger partial charge in [-0.2, -0.15) is 8.42 Å². The van der Waals surface area contributed by atoms with Gasteiger partial charge in [0.2, 0.25) is 0 Å². The minimum atomic E-state index is -3.74. The highest BCUT2D eigenvalue weighted by molar-refractivity contribution is 7.86. The molecule has 1 aromatic heterocycles. The molecule has 29 heavy (non-hydrogen) atoms. The number of para-hydroxylation sites is 1. The van der Waals surface area contributed by atoms with Crippen LogP contribution < -0.4 is 0 Å². The van der Waals surface area contributed by atoms with Gasteiger partial charge in [-0.3, -0.25) is 4.18 Å². The van der Waals surface area contributed by atoms with E-state index < -0.39 is 18.4 Å². The van der Waals surface area contributed by atoms with Crippen molar-refractivity contribution in [3.05, 3.63) is 65.9 Å². The quantitative estimate of drug-likeness (QED) is 0.370. The summed E-state index contributed by atoms with van der Waals surface area (Å²) in [6, 6.07) is 15.1. The molecule has 3 rings (SSSR count). The molecule has 0 aliphatic rings. The van der Waals surface area contributed by atoms with Crippen LogP contribution in [-0.4, -0.2) is 27.5 Å². The summed E-state index contributed by atoms with van der Waals surface area (Å²) < 4.78 is 32.7. The maximum atomic E-state index is 12.5. The van der Waals surface area contributed by atoms with Crippen LogP contribution in [0.2, 0.25) is 18.1 Å². The van der Waals surface area contributed by atoms with Gasteiger partial charge in [-0.25, -0.2) is 0 Å². The average Bonchev–Trinajstić information content (AvgIpc) is 3.01. The van der Waals surface area contributed by atoms with Gasteiger partial charge in [0, 0.05) is 10.9 Å². The molecule has 0 aliphatic carbocycles. The maximum absolute atomic E-state index is 12.5. The number of nitrogens with zero attached hydrogens (tertiary/aromatic N) is 1. The van der Waals surface area contributed by atoms with Gasteiger partial charge in [-0.1, -0.05) is 69.8 Å². The lowest BCUT2D eigenvalue weighted by Crippen LogP contribution is -2.44. The standard InChI is InChI=1S/C23H31NO3SSi/c1-18-11-13-20(14-12-18)28(25,26)27-16-15-19-17-24(29(5,6)23(2,3)4)22-10-8-7-9-21(19)22/h7-14,17H,15-16H2,1-6H3. The molecule has 1 heterocycles. The Hall–Kier alpha value is -1.89. The number of hydrogen-bond acceptors (Lipinski definition) is 3. The lowest BCUT2D eigenvalue weighted by Gasteiger charge is -2.38. The van der Waals surface area contributed by atoms with Crippen molar-refractivity contribution in [2.24, 2.45) is 0 Å². The molecule has 0 N–H and O–H groups in total. The fraction of sp³-hybridized carbons (Fsp3) is 0.391. The van der Waals surface area contributed by atoms with Crippen LogP contribution in [0.3, 0.4) is 0 Å². The zero-order valence-corrected chi connectivity index (χ0v) is 20.0. The van der Waals surface area contributed by atoms with E-state index in [2.05, 4.69) is 62.5 Å². The van der Waals surface area contributed by atoms with Gasteiger partial charge in [-0.15, -0.1) is 0 Å². The van der Waals surface area contributed by atoms with Crippen molar-refractivity contribution >= 4 is 29.3 Å². The summed E-state index contributed by atoms with van der Waals surface area (Å²) in [5, 5.41) is 1.37. The van der Waals surface area contributed by atoms with E-state index in [1.807, 2.05) is 13.0 Å². The summed E-state index contributed by atoms with van der Waals surface area (Å²) in [7, 11) is -5.54. The first kappa shape index (κ1) is 21.8. The van der Waals surface area contributed by atoms with Crippen molar-refractivity contribution < 1.29 is 12.6 Å². The van der Waals surface area contributed by atoms with Crippen molar-refractivity contribution in [3.63, 3.8) is 0 Å². The molecule has 6 heteroatoms. The summed E-state index contributed by atoms with van der Waals surface area (Å²) in [4.78, 5) is 0.201. The first-order valence-electron chi connectivity index (χ1n) is 9.99. The molecule has 0 bridgehead atoms. The van der Waals surface area contributed by atoms with Crippen molar-refractivity contribution in [2.45, 2.75) is 57.1 Å². The van der Waals surface area contributed by atoms with E-state index in [1.165, 1.54) is 10.9 Å². The molecule has 2 aromatic carbocycles. The number of benzene rings is 2. The number of aryl methyl sites for hydroxylation is 1.